The molecule has 0 atom stereocenters. The zero-order valence-corrected chi connectivity index (χ0v) is 10.2. The Morgan fingerprint density at radius 2 is 2.19 bits per heavy atom. The highest BCUT2D eigenvalue weighted by atomic mass is 15.3. The molecule has 0 aromatic rings. The van der Waals surface area contributed by atoms with E-state index in [1.165, 1.54) is 23.3 Å². The molecular weight excluding hydrogens is 196 g/mol. The van der Waals surface area contributed by atoms with Gasteiger partial charge in [0, 0.05) is 6.21 Å². The van der Waals surface area contributed by atoms with Gasteiger partial charge in [-0.3, -0.25) is 5.43 Å². The Balaban J connectivity index is 2.06. The minimum absolute atomic E-state index is 0.497. The Hall–Kier alpha value is -1.31. The summed E-state index contributed by atoms with van der Waals surface area (Å²) in [6.07, 6.45) is 13.4. The summed E-state index contributed by atoms with van der Waals surface area (Å²) in [7, 11) is 0. The maximum Gasteiger partial charge on any atom is 0.0556 e. The van der Waals surface area contributed by atoms with Crippen molar-refractivity contribution in [2.45, 2.75) is 39.5 Å². The molecule has 2 rings (SSSR count). The molecule has 0 aliphatic heterocycles. The van der Waals surface area contributed by atoms with Crippen LogP contribution in [0.15, 0.2) is 40.2 Å². The van der Waals surface area contributed by atoms with Crippen LogP contribution < -0.4 is 5.43 Å². The summed E-state index contributed by atoms with van der Waals surface area (Å²) in [5.41, 5.74) is 7.38. The van der Waals surface area contributed by atoms with Gasteiger partial charge in [-0.1, -0.05) is 32.1 Å². The van der Waals surface area contributed by atoms with Crippen LogP contribution in [0.3, 0.4) is 0 Å². The molecule has 0 saturated heterocycles. The van der Waals surface area contributed by atoms with Crippen LogP contribution in [0.2, 0.25) is 0 Å². The highest BCUT2D eigenvalue weighted by molar-refractivity contribution is 5.59. The molecule has 0 aromatic carbocycles. The van der Waals surface area contributed by atoms with E-state index in [9.17, 15) is 0 Å². The van der Waals surface area contributed by atoms with Crippen LogP contribution >= 0.6 is 0 Å². The van der Waals surface area contributed by atoms with Crippen molar-refractivity contribution in [1.29, 1.82) is 0 Å². The molecular formula is C14H20N2. The standard InChI is InChI=1S/C14H20N2/c1-11(2)10-15-16-14-9-5-7-12-6-3-4-8-13(12)14/h3,6,9-11,16H,4-5,7-8H2,1-2H3/b15-10+. The third-order valence-electron chi connectivity index (χ3n) is 2.91. The van der Waals surface area contributed by atoms with Gasteiger partial charge < -0.3 is 0 Å². The molecule has 2 aliphatic rings. The zero-order valence-electron chi connectivity index (χ0n) is 10.2. The zero-order chi connectivity index (χ0) is 11.4. The normalized spacial score (nSPS) is 20.3. The summed E-state index contributed by atoms with van der Waals surface area (Å²) < 4.78 is 0. The van der Waals surface area contributed by atoms with E-state index in [-0.39, 0.29) is 0 Å². The van der Waals surface area contributed by atoms with Gasteiger partial charge in [0.25, 0.3) is 0 Å². The van der Waals surface area contributed by atoms with Gasteiger partial charge in [0.15, 0.2) is 0 Å². The SMILES string of the molecule is CC(C)/C=N/NC1=CCCC2=C1CCC=C2. The quantitative estimate of drug-likeness (QED) is 0.566. The van der Waals surface area contributed by atoms with Crippen LogP contribution in [0.1, 0.15) is 39.5 Å². The molecule has 0 radical (unpaired) electrons. The Kier molecular flexibility index (Phi) is 3.60. The molecule has 1 N–H and O–H groups in total. The number of hydrogen-bond acceptors (Lipinski definition) is 2. The first-order chi connectivity index (χ1) is 7.77. The Morgan fingerprint density at radius 1 is 1.31 bits per heavy atom. The highest BCUT2D eigenvalue weighted by Gasteiger charge is 2.15. The number of allylic oxidation sites excluding steroid dienone is 5. The van der Waals surface area contributed by atoms with Crippen molar-refractivity contribution in [3.8, 4) is 0 Å². The van der Waals surface area contributed by atoms with Crippen LogP contribution in [0, 0.1) is 5.92 Å². The van der Waals surface area contributed by atoms with E-state index in [0.717, 1.165) is 19.3 Å². The first-order valence-corrected chi connectivity index (χ1v) is 6.15. The maximum atomic E-state index is 4.28. The second-order valence-electron chi connectivity index (χ2n) is 4.74. The summed E-state index contributed by atoms with van der Waals surface area (Å²) in [6, 6.07) is 0. The van der Waals surface area contributed by atoms with E-state index in [0.29, 0.717) is 5.92 Å². The van der Waals surface area contributed by atoms with E-state index in [1.807, 2.05) is 6.21 Å². The van der Waals surface area contributed by atoms with Gasteiger partial charge in [0.1, 0.15) is 0 Å². The van der Waals surface area contributed by atoms with Crippen molar-refractivity contribution in [2.75, 3.05) is 0 Å². The number of hydrogen-bond donors (Lipinski definition) is 1. The topological polar surface area (TPSA) is 24.4 Å². The van der Waals surface area contributed by atoms with Crippen LogP contribution in [-0.4, -0.2) is 6.21 Å². The fourth-order valence-corrected chi connectivity index (χ4v) is 2.12. The summed E-state index contributed by atoms with van der Waals surface area (Å²) >= 11 is 0. The van der Waals surface area contributed by atoms with Crippen molar-refractivity contribution < 1.29 is 0 Å². The van der Waals surface area contributed by atoms with Gasteiger partial charge in [-0.15, -0.1) is 0 Å². The molecule has 0 fully saturated rings. The second-order valence-corrected chi connectivity index (χ2v) is 4.74. The van der Waals surface area contributed by atoms with E-state index in [2.05, 4.69) is 42.6 Å². The third kappa shape index (κ3) is 2.63. The molecule has 0 heterocycles. The van der Waals surface area contributed by atoms with Crippen LogP contribution in [0.25, 0.3) is 0 Å². The summed E-state index contributed by atoms with van der Waals surface area (Å²) in [5, 5.41) is 4.28. The van der Waals surface area contributed by atoms with Crippen molar-refractivity contribution in [3.05, 3.63) is 35.1 Å². The summed E-state index contributed by atoms with van der Waals surface area (Å²) in [5.74, 6) is 0.497. The lowest BCUT2D eigenvalue weighted by Crippen LogP contribution is -2.14. The van der Waals surface area contributed by atoms with Crippen LogP contribution in [-0.2, 0) is 0 Å². The minimum atomic E-state index is 0.497. The number of nitrogens with zero attached hydrogens (tertiary/aromatic N) is 1. The number of nitrogens with one attached hydrogen (secondary N) is 1. The molecule has 2 nitrogen and oxygen atoms in total. The van der Waals surface area contributed by atoms with Crippen molar-refractivity contribution in [1.82, 2.24) is 5.43 Å². The molecule has 2 aliphatic carbocycles. The third-order valence-corrected chi connectivity index (χ3v) is 2.91. The molecule has 0 amide bonds. The van der Waals surface area contributed by atoms with Crippen LogP contribution in [0.4, 0.5) is 0 Å². The molecule has 0 bridgehead atoms. The van der Waals surface area contributed by atoms with Gasteiger partial charge >= 0.3 is 0 Å². The smallest absolute Gasteiger partial charge is 0.0556 e. The summed E-state index contributed by atoms with van der Waals surface area (Å²) in [4.78, 5) is 0. The first kappa shape index (κ1) is 11.2. The van der Waals surface area contributed by atoms with Crippen molar-refractivity contribution in [2.24, 2.45) is 11.0 Å². The van der Waals surface area contributed by atoms with E-state index >= 15 is 0 Å². The number of rotatable bonds is 3. The van der Waals surface area contributed by atoms with E-state index in [1.54, 1.807) is 0 Å². The van der Waals surface area contributed by atoms with Gasteiger partial charge in [-0.25, -0.2) is 0 Å². The molecule has 86 valence electrons. The predicted molar refractivity (Wildman–Crippen MR) is 69.2 cm³/mol. The first-order valence-electron chi connectivity index (χ1n) is 6.15. The molecule has 0 aromatic heterocycles. The van der Waals surface area contributed by atoms with E-state index in [4.69, 9.17) is 0 Å². The number of hydrazone groups is 1. The van der Waals surface area contributed by atoms with Gasteiger partial charge in [0.05, 0.1) is 5.70 Å². The lowest BCUT2D eigenvalue weighted by molar-refractivity contribution is 0.779. The Bertz CT molecular complexity index is 370. The predicted octanol–water partition coefficient (Wildman–Crippen LogP) is 3.54. The van der Waals surface area contributed by atoms with Crippen molar-refractivity contribution in [3.63, 3.8) is 0 Å². The fourth-order valence-electron chi connectivity index (χ4n) is 2.12. The molecule has 0 unspecified atom stereocenters. The van der Waals surface area contributed by atoms with Crippen molar-refractivity contribution >= 4 is 6.21 Å². The monoisotopic (exact) mass is 216 g/mol. The molecule has 0 spiro atoms. The highest BCUT2D eigenvalue weighted by Crippen LogP contribution is 2.31. The fraction of sp³-hybridized carbons (Fsp3) is 0.500. The second kappa shape index (κ2) is 5.15. The Labute approximate surface area is 97.8 Å². The lowest BCUT2D eigenvalue weighted by atomic mass is 9.88. The average molecular weight is 216 g/mol. The molecule has 2 heteroatoms. The maximum absolute atomic E-state index is 4.28. The molecule has 16 heavy (non-hydrogen) atoms. The van der Waals surface area contributed by atoms with Crippen LogP contribution in [0.5, 0.6) is 0 Å². The Morgan fingerprint density at radius 3 is 3.00 bits per heavy atom. The van der Waals surface area contributed by atoms with Gasteiger partial charge in [-0.2, -0.15) is 5.10 Å². The van der Waals surface area contributed by atoms with Gasteiger partial charge in [0.2, 0.25) is 0 Å². The van der Waals surface area contributed by atoms with Gasteiger partial charge in [-0.05, 0) is 42.7 Å². The lowest BCUT2D eigenvalue weighted by Gasteiger charge is -2.22. The van der Waals surface area contributed by atoms with E-state index < -0.39 is 0 Å². The summed E-state index contributed by atoms with van der Waals surface area (Å²) in [6.45, 7) is 4.27. The molecule has 0 saturated carbocycles. The minimum Gasteiger partial charge on any atom is -0.279 e. The average Bonchev–Trinajstić information content (AvgIpc) is 2.29. The largest absolute Gasteiger partial charge is 0.279 e.